The summed E-state index contributed by atoms with van der Waals surface area (Å²) in [6.45, 7) is 6.99. The van der Waals surface area contributed by atoms with E-state index in [4.69, 9.17) is 10.2 Å². The van der Waals surface area contributed by atoms with Crippen LogP contribution in [-0.2, 0) is 6.54 Å². The average Bonchev–Trinajstić information content (AvgIpc) is 2.94. The number of nitrogens with one attached hydrogen (secondary N) is 1. The summed E-state index contributed by atoms with van der Waals surface area (Å²) in [7, 11) is 0. The van der Waals surface area contributed by atoms with Gasteiger partial charge in [-0.05, 0) is 61.9 Å². The highest BCUT2D eigenvalue weighted by Gasteiger charge is 2.23. The molecule has 0 bridgehead atoms. The molecule has 38 heavy (non-hydrogen) atoms. The summed E-state index contributed by atoms with van der Waals surface area (Å²) in [6.07, 6.45) is 1.79. The normalized spacial score (nSPS) is 13.4. The lowest BCUT2D eigenvalue weighted by Gasteiger charge is -2.37. The van der Waals surface area contributed by atoms with Crippen LogP contribution in [0.2, 0.25) is 0 Å². The monoisotopic (exact) mass is 508 g/mol. The van der Waals surface area contributed by atoms with Crippen LogP contribution in [0, 0.1) is 25.2 Å². The lowest BCUT2D eigenvalue weighted by molar-refractivity contribution is 0.0698. The molecule has 0 unspecified atom stereocenters. The predicted molar refractivity (Wildman–Crippen MR) is 147 cm³/mol. The van der Waals surface area contributed by atoms with Gasteiger partial charge in [-0.1, -0.05) is 12.1 Å². The Labute approximate surface area is 220 Å². The molecule has 0 amide bonds. The Kier molecular flexibility index (Phi) is 6.71. The van der Waals surface area contributed by atoms with Gasteiger partial charge in [0.15, 0.2) is 0 Å². The molecular weight excluding hydrogens is 480 g/mol. The Hall–Kier alpha value is -4.84. The van der Waals surface area contributed by atoms with Crippen molar-refractivity contribution in [3.8, 4) is 6.07 Å². The molecule has 1 fully saturated rings. The first-order chi connectivity index (χ1) is 18.4. The standard InChI is InChI=1S/C29H28N6O3/c1-19-15-22(17-31-25-6-4-3-5-24(25)29(37)38)27-32-26(20(2)28(36)35(27)18-19)34-13-11-33(12-14-34)23-9-7-21(16-30)8-10-23/h3-10,15,18,31H,11-14,17H2,1-2H3,(H,37,38). The fraction of sp³-hybridized carbons (Fsp3) is 0.241. The summed E-state index contributed by atoms with van der Waals surface area (Å²) >= 11 is 0. The largest absolute Gasteiger partial charge is 0.478 e. The number of aryl methyl sites for hydroxylation is 1. The van der Waals surface area contributed by atoms with Crippen LogP contribution in [0.3, 0.4) is 0 Å². The number of aromatic nitrogens is 2. The van der Waals surface area contributed by atoms with Crippen molar-refractivity contribution in [1.29, 1.82) is 5.26 Å². The molecule has 0 radical (unpaired) electrons. The first kappa shape index (κ1) is 24.8. The van der Waals surface area contributed by atoms with E-state index in [-0.39, 0.29) is 11.1 Å². The Morgan fingerprint density at radius 1 is 1.05 bits per heavy atom. The van der Waals surface area contributed by atoms with E-state index < -0.39 is 5.97 Å². The molecule has 1 aliphatic heterocycles. The molecule has 1 saturated heterocycles. The molecule has 9 nitrogen and oxygen atoms in total. The number of carboxylic acid groups (broad SMARTS) is 1. The van der Waals surface area contributed by atoms with Gasteiger partial charge in [0, 0.05) is 55.9 Å². The van der Waals surface area contributed by atoms with Crippen molar-refractivity contribution in [1.82, 2.24) is 9.38 Å². The van der Waals surface area contributed by atoms with Crippen LogP contribution in [0.4, 0.5) is 17.2 Å². The molecule has 4 aromatic rings. The summed E-state index contributed by atoms with van der Waals surface area (Å²) < 4.78 is 1.58. The number of aromatic carboxylic acids is 1. The number of nitrogens with zero attached hydrogens (tertiary/aromatic N) is 5. The maximum Gasteiger partial charge on any atom is 0.337 e. The highest BCUT2D eigenvalue weighted by atomic mass is 16.4. The third-order valence-electron chi connectivity index (χ3n) is 6.90. The van der Waals surface area contributed by atoms with E-state index in [1.807, 2.05) is 44.2 Å². The molecule has 3 heterocycles. The van der Waals surface area contributed by atoms with Crippen LogP contribution >= 0.6 is 0 Å². The highest BCUT2D eigenvalue weighted by molar-refractivity contribution is 5.94. The Balaban J connectivity index is 1.43. The quantitative estimate of drug-likeness (QED) is 0.404. The van der Waals surface area contributed by atoms with Gasteiger partial charge in [0.1, 0.15) is 11.5 Å². The maximum atomic E-state index is 13.4. The summed E-state index contributed by atoms with van der Waals surface area (Å²) in [5.41, 5.74) is 5.14. The minimum absolute atomic E-state index is 0.115. The second-order valence-electron chi connectivity index (χ2n) is 9.44. The minimum atomic E-state index is -1.00. The second kappa shape index (κ2) is 10.3. The van der Waals surface area contributed by atoms with Gasteiger partial charge in [0.2, 0.25) is 0 Å². The number of carbonyl (C=O) groups is 1. The van der Waals surface area contributed by atoms with Gasteiger partial charge < -0.3 is 20.2 Å². The zero-order valence-electron chi connectivity index (χ0n) is 21.3. The van der Waals surface area contributed by atoms with E-state index in [2.05, 4.69) is 21.2 Å². The first-order valence-corrected chi connectivity index (χ1v) is 12.4. The number of para-hydroxylation sites is 1. The summed E-state index contributed by atoms with van der Waals surface area (Å²) in [5, 5.41) is 21.8. The highest BCUT2D eigenvalue weighted by Crippen LogP contribution is 2.24. The fourth-order valence-electron chi connectivity index (χ4n) is 4.91. The van der Waals surface area contributed by atoms with Gasteiger partial charge in [-0.25, -0.2) is 9.78 Å². The van der Waals surface area contributed by atoms with Gasteiger partial charge in [0.05, 0.1) is 22.8 Å². The zero-order valence-corrected chi connectivity index (χ0v) is 21.3. The number of benzene rings is 2. The second-order valence-corrected chi connectivity index (χ2v) is 9.44. The van der Waals surface area contributed by atoms with Crippen molar-refractivity contribution >= 4 is 28.8 Å². The molecule has 192 valence electrons. The lowest BCUT2D eigenvalue weighted by atomic mass is 10.1. The van der Waals surface area contributed by atoms with Gasteiger partial charge in [-0.3, -0.25) is 9.20 Å². The smallest absolute Gasteiger partial charge is 0.337 e. The van der Waals surface area contributed by atoms with Crippen molar-refractivity contribution in [2.75, 3.05) is 41.3 Å². The summed E-state index contributed by atoms with van der Waals surface area (Å²) in [5.74, 6) is -0.333. The van der Waals surface area contributed by atoms with Crippen molar-refractivity contribution in [3.05, 3.63) is 99.0 Å². The maximum absolute atomic E-state index is 13.4. The molecule has 0 atom stereocenters. The van der Waals surface area contributed by atoms with E-state index in [1.165, 1.54) is 0 Å². The number of nitriles is 1. The topological polar surface area (TPSA) is 114 Å². The number of hydrogen-bond acceptors (Lipinski definition) is 7. The van der Waals surface area contributed by atoms with E-state index in [1.54, 1.807) is 34.9 Å². The van der Waals surface area contributed by atoms with Crippen LogP contribution in [0.15, 0.2) is 65.6 Å². The molecule has 9 heteroatoms. The SMILES string of the molecule is Cc1cc(CNc2ccccc2C(=O)O)c2nc(N3CCN(c4ccc(C#N)cc4)CC3)c(C)c(=O)n2c1. The van der Waals surface area contributed by atoms with E-state index in [0.29, 0.717) is 47.9 Å². The van der Waals surface area contributed by atoms with Gasteiger partial charge in [0.25, 0.3) is 5.56 Å². The van der Waals surface area contributed by atoms with Crippen molar-refractivity contribution in [3.63, 3.8) is 0 Å². The van der Waals surface area contributed by atoms with Crippen LogP contribution in [0.5, 0.6) is 0 Å². The third kappa shape index (κ3) is 4.76. The van der Waals surface area contributed by atoms with Crippen LogP contribution in [0.1, 0.15) is 32.6 Å². The van der Waals surface area contributed by atoms with Crippen LogP contribution in [0.25, 0.3) is 5.65 Å². The average molecular weight is 509 g/mol. The first-order valence-electron chi connectivity index (χ1n) is 12.4. The summed E-state index contributed by atoms with van der Waals surface area (Å²) in [6, 6.07) is 18.4. The molecule has 2 aromatic heterocycles. The van der Waals surface area contributed by atoms with Crippen LogP contribution < -0.4 is 20.7 Å². The number of hydrogen-bond donors (Lipinski definition) is 2. The molecule has 0 aliphatic carbocycles. The van der Waals surface area contributed by atoms with Gasteiger partial charge in [-0.2, -0.15) is 5.26 Å². The van der Waals surface area contributed by atoms with Crippen molar-refractivity contribution in [2.24, 2.45) is 0 Å². The van der Waals surface area contributed by atoms with E-state index in [9.17, 15) is 14.7 Å². The zero-order chi connectivity index (χ0) is 26.8. The minimum Gasteiger partial charge on any atom is -0.478 e. The Morgan fingerprint density at radius 2 is 1.74 bits per heavy atom. The number of piperazine rings is 1. The molecular formula is C29H28N6O3. The fourth-order valence-corrected chi connectivity index (χ4v) is 4.91. The number of anilines is 3. The van der Waals surface area contributed by atoms with Crippen LogP contribution in [-0.4, -0.2) is 46.6 Å². The Bertz CT molecular complexity index is 1610. The number of carboxylic acids is 1. The molecule has 0 spiro atoms. The molecule has 5 rings (SSSR count). The molecule has 0 saturated carbocycles. The number of pyridine rings is 1. The van der Waals surface area contributed by atoms with Crippen molar-refractivity contribution < 1.29 is 9.90 Å². The predicted octanol–water partition coefficient (Wildman–Crippen LogP) is 3.82. The Morgan fingerprint density at radius 3 is 2.42 bits per heavy atom. The number of rotatable bonds is 6. The lowest BCUT2D eigenvalue weighted by Crippen LogP contribution is -2.47. The third-order valence-corrected chi connectivity index (χ3v) is 6.90. The molecule has 2 N–H and O–H groups in total. The molecule has 1 aliphatic rings. The van der Waals surface area contributed by atoms with Gasteiger partial charge in [-0.15, -0.1) is 0 Å². The van der Waals surface area contributed by atoms with E-state index in [0.717, 1.165) is 29.9 Å². The molecule has 2 aromatic carbocycles. The summed E-state index contributed by atoms with van der Waals surface area (Å²) in [4.78, 5) is 34.4. The van der Waals surface area contributed by atoms with Gasteiger partial charge >= 0.3 is 5.97 Å². The van der Waals surface area contributed by atoms with Crippen molar-refractivity contribution in [2.45, 2.75) is 20.4 Å². The number of fused-ring (bicyclic) bond motifs is 1. The van der Waals surface area contributed by atoms with E-state index >= 15 is 0 Å².